The second-order valence-electron chi connectivity index (χ2n) is 4.70. The van der Waals surface area contributed by atoms with E-state index in [1.54, 1.807) is 0 Å². The van der Waals surface area contributed by atoms with Gasteiger partial charge in [-0.3, -0.25) is 0 Å². The molecule has 17 heavy (non-hydrogen) atoms. The van der Waals surface area contributed by atoms with Crippen LogP contribution in [0.1, 0.15) is 24.8 Å². The lowest BCUT2D eigenvalue weighted by molar-refractivity contribution is -0.0368. The molecule has 1 saturated carbocycles. The van der Waals surface area contributed by atoms with Gasteiger partial charge in [-0.1, -0.05) is 36.4 Å². The maximum absolute atomic E-state index is 9.89. The first-order valence-corrected chi connectivity index (χ1v) is 6.25. The molecule has 1 aromatic rings. The Morgan fingerprint density at radius 1 is 1.29 bits per heavy atom. The first-order chi connectivity index (χ1) is 8.29. The zero-order valence-corrected chi connectivity index (χ0v) is 10.1. The van der Waals surface area contributed by atoms with Gasteiger partial charge in [-0.15, -0.1) is 6.58 Å². The van der Waals surface area contributed by atoms with Crippen LogP contribution in [-0.4, -0.2) is 17.3 Å². The van der Waals surface area contributed by atoms with E-state index in [1.807, 2.05) is 24.3 Å². The molecule has 3 atom stereocenters. The minimum Gasteiger partial charge on any atom is -0.392 e. The molecular weight excluding hydrogens is 212 g/mol. The fourth-order valence-electron chi connectivity index (χ4n) is 2.35. The summed E-state index contributed by atoms with van der Waals surface area (Å²) >= 11 is 0. The van der Waals surface area contributed by atoms with Crippen molar-refractivity contribution in [3.63, 3.8) is 0 Å². The van der Waals surface area contributed by atoms with Gasteiger partial charge in [-0.25, -0.2) is 0 Å². The van der Waals surface area contributed by atoms with Gasteiger partial charge in [0, 0.05) is 12.3 Å². The van der Waals surface area contributed by atoms with Crippen molar-refractivity contribution in [2.75, 3.05) is 0 Å². The Kier molecular flexibility index (Phi) is 4.35. The largest absolute Gasteiger partial charge is 0.392 e. The van der Waals surface area contributed by atoms with Crippen LogP contribution in [-0.2, 0) is 11.3 Å². The van der Waals surface area contributed by atoms with E-state index in [9.17, 15) is 5.11 Å². The van der Waals surface area contributed by atoms with E-state index in [0.29, 0.717) is 6.61 Å². The quantitative estimate of drug-likeness (QED) is 0.809. The van der Waals surface area contributed by atoms with Crippen LogP contribution in [0, 0.1) is 5.92 Å². The molecule has 2 rings (SSSR count). The number of rotatable bonds is 4. The summed E-state index contributed by atoms with van der Waals surface area (Å²) in [5, 5.41) is 9.89. The van der Waals surface area contributed by atoms with Crippen molar-refractivity contribution >= 4 is 0 Å². The van der Waals surface area contributed by atoms with E-state index in [0.717, 1.165) is 19.3 Å². The van der Waals surface area contributed by atoms with Crippen molar-refractivity contribution in [1.29, 1.82) is 0 Å². The fraction of sp³-hybridized carbons (Fsp3) is 0.467. The molecule has 1 aliphatic carbocycles. The van der Waals surface area contributed by atoms with Gasteiger partial charge in [0.05, 0.1) is 18.8 Å². The van der Waals surface area contributed by atoms with Gasteiger partial charge in [0.2, 0.25) is 0 Å². The van der Waals surface area contributed by atoms with Crippen LogP contribution < -0.4 is 0 Å². The summed E-state index contributed by atoms with van der Waals surface area (Å²) in [7, 11) is 0. The lowest BCUT2D eigenvalue weighted by Gasteiger charge is -2.31. The highest BCUT2D eigenvalue weighted by Crippen LogP contribution is 2.27. The van der Waals surface area contributed by atoms with Crippen LogP contribution in [0.4, 0.5) is 0 Å². The highest BCUT2D eigenvalue weighted by Gasteiger charge is 2.27. The first kappa shape index (κ1) is 12.3. The third-order valence-corrected chi connectivity index (χ3v) is 3.45. The summed E-state index contributed by atoms with van der Waals surface area (Å²) in [5.74, 6) is 0.242. The highest BCUT2D eigenvalue weighted by molar-refractivity contribution is 5.13. The molecule has 0 unspecified atom stereocenters. The molecule has 92 valence electrons. The highest BCUT2D eigenvalue weighted by atomic mass is 16.5. The van der Waals surface area contributed by atoms with Gasteiger partial charge < -0.3 is 9.84 Å². The Labute approximate surface area is 103 Å². The number of benzene rings is 1. The average Bonchev–Trinajstić information content (AvgIpc) is 2.38. The lowest BCUT2D eigenvalue weighted by Crippen LogP contribution is -2.32. The third-order valence-electron chi connectivity index (χ3n) is 3.45. The van der Waals surface area contributed by atoms with Crippen molar-refractivity contribution in [1.82, 2.24) is 0 Å². The standard InChI is InChI=1S/C15H20O2/c1-2-13-8-9-14(10-15(13)16)17-11-12-6-4-3-5-7-12/h2-7,13-16H,1,8-11H2/t13-,14+,15+/m1/s1. The Bertz CT molecular complexity index is 347. The first-order valence-electron chi connectivity index (χ1n) is 6.25. The lowest BCUT2D eigenvalue weighted by atomic mass is 9.85. The smallest absolute Gasteiger partial charge is 0.0720 e. The molecule has 2 heteroatoms. The normalized spacial score (nSPS) is 28.9. The molecule has 1 fully saturated rings. The van der Waals surface area contributed by atoms with E-state index in [1.165, 1.54) is 5.56 Å². The zero-order valence-electron chi connectivity index (χ0n) is 10.1. The second kappa shape index (κ2) is 5.99. The Morgan fingerprint density at radius 2 is 2.06 bits per heavy atom. The summed E-state index contributed by atoms with van der Waals surface area (Å²) in [6.45, 7) is 4.39. The molecule has 0 aromatic heterocycles. The summed E-state index contributed by atoms with van der Waals surface area (Å²) in [6, 6.07) is 10.2. The Hall–Kier alpha value is -1.12. The van der Waals surface area contributed by atoms with Crippen molar-refractivity contribution in [3.05, 3.63) is 48.6 Å². The van der Waals surface area contributed by atoms with Gasteiger partial charge in [0.15, 0.2) is 0 Å². The predicted molar refractivity (Wildman–Crippen MR) is 68.6 cm³/mol. The molecule has 0 amide bonds. The van der Waals surface area contributed by atoms with E-state index >= 15 is 0 Å². The second-order valence-corrected chi connectivity index (χ2v) is 4.70. The van der Waals surface area contributed by atoms with Crippen molar-refractivity contribution in [2.45, 2.75) is 38.1 Å². The minimum absolute atomic E-state index is 0.182. The van der Waals surface area contributed by atoms with Crippen LogP contribution in [0.2, 0.25) is 0 Å². The van der Waals surface area contributed by atoms with Gasteiger partial charge in [-0.05, 0) is 18.4 Å². The SMILES string of the molecule is C=C[C@@H]1CC[C@H](OCc2ccccc2)C[C@@H]1O. The summed E-state index contributed by atoms with van der Waals surface area (Å²) < 4.78 is 5.84. The molecule has 1 N–H and O–H groups in total. The molecule has 1 aliphatic rings. The Balaban J connectivity index is 1.79. The van der Waals surface area contributed by atoms with Crippen molar-refractivity contribution in [3.8, 4) is 0 Å². The number of ether oxygens (including phenoxy) is 1. The number of hydrogen-bond donors (Lipinski definition) is 1. The maximum Gasteiger partial charge on any atom is 0.0720 e. The van der Waals surface area contributed by atoms with Gasteiger partial charge in [0.25, 0.3) is 0 Å². The maximum atomic E-state index is 9.89. The molecule has 0 saturated heterocycles. The summed E-state index contributed by atoms with van der Waals surface area (Å²) in [5.41, 5.74) is 1.19. The van der Waals surface area contributed by atoms with Gasteiger partial charge in [-0.2, -0.15) is 0 Å². The molecule has 0 bridgehead atoms. The average molecular weight is 232 g/mol. The monoisotopic (exact) mass is 232 g/mol. The van der Waals surface area contributed by atoms with Crippen LogP contribution in [0.3, 0.4) is 0 Å². The third kappa shape index (κ3) is 3.42. The van der Waals surface area contributed by atoms with Gasteiger partial charge in [0.1, 0.15) is 0 Å². The zero-order chi connectivity index (χ0) is 12.1. The Morgan fingerprint density at radius 3 is 2.71 bits per heavy atom. The summed E-state index contributed by atoms with van der Waals surface area (Å²) in [6.07, 6.45) is 4.47. The topological polar surface area (TPSA) is 29.5 Å². The molecular formula is C15H20O2. The summed E-state index contributed by atoms with van der Waals surface area (Å²) in [4.78, 5) is 0. The fourth-order valence-corrected chi connectivity index (χ4v) is 2.35. The number of aliphatic hydroxyl groups is 1. The minimum atomic E-state index is -0.290. The van der Waals surface area contributed by atoms with E-state index in [4.69, 9.17) is 4.74 Å². The molecule has 0 aliphatic heterocycles. The molecule has 0 heterocycles. The van der Waals surface area contributed by atoms with E-state index in [-0.39, 0.29) is 18.1 Å². The van der Waals surface area contributed by atoms with Crippen LogP contribution >= 0.6 is 0 Å². The van der Waals surface area contributed by atoms with Crippen LogP contribution in [0.5, 0.6) is 0 Å². The van der Waals surface area contributed by atoms with E-state index in [2.05, 4.69) is 18.7 Å². The van der Waals surface area contributed by atoms with E-state index < -0.39 is 0 Å². The number of aliphatic hydroxyl groups excluding tert-OH is 1. The van der Waals surface area contributed by atoms with Crippen molar-refractivity contribution in [2.24, 2.45) is 5.92 Å². The van der Waals surface area contributed by atoms with Crippen molar-refractivity contribution < 1.29 is 9.84 Å². The predicted octanol–water partition coefficient (Wildman–Crippen LogP) is 2.92. The molecule has 1 aromatic carbocycles. The molecule has 0 spiro atoms. The number of hydrogen-bond acceptors (Lipinski definition) is 2. The van der Waals surface area contributed by atoms with Crippen LogP contribution in [0.15, 0.2) is 43.0 Å². The molecule has 0 radical (unpaired) electrons. The molecule has 2 nitrogen and oxygen atoms in total. The van der Waals surface area contributed by atoms with Gasteiger partial charge >= 0.3 is 0 Å². The van der Waals surface area contributed by atoms with Crippen LogP contribution in [0.25, 0.3) is 0 Å².